The molecule has 9 heteroatoms. The number of nitro benzene ring substituents is 1. The van der Waals surface area contributed by atoms with Crippen LogP contribution in [0.3, 0.4) is 0 Å². The molecule has 0 fully saturated rings. The topological polar surface area (TPSA) is 117 Å². The summed E-state index contributed by atoms with van der Waals surface area (Å²) in [5.41, 5.74) is 1.39. The molecule has 0 aliphatic rings. The number of hydrogen-bond acceptors (Lipinski definition) is 7. The van der Waals surface area contributed by atoms with Crippen molar-refractivity contribution in [3.8, 4) is 16.9 Å². The van der Waals surface area contributed by atoms with Crippen LogP contribution in [0.5, 0.6) is 5.75 Å². The van der Waals surface area contributed by atoms with Crippen molar-refractivity contribution in [1.82, 2.24) is 0 Å². The summed E-state index contributed by atoms with van der Waals surface area (Å²) in [7, 11) is -4.38. The van der Waals surface area contributed by atoms with Crippen LogP contribution < -0.4 is 9.61 Å². The second-order valence-corrected chi connectivity index (χ2v) is 8.70. The Kier molecular flexibility index (Phi) is 5.27. The summed E-state index contributed by atoms with van der Waals surface area (Å²) in [5.74, 6) is -0.0864. The molecule has 0 amide bonds. The lowest BCUT2D eigenvalue weighted by Crippen LogP contribution is -2.13. The van der Waals surface area contributed by atoms with E-state index in [2.05, 4.69) is 0 Å². The van der Waals surface area contributed by atoms with Gasteiger partial charge in [0.1, 0.15) is 22.5 Å². The Morgan fingerprint density at radius 3 is 2.41 bits per heavy atom. The maximum absolute atomic E-state index is 12.9. The number of nitrogens with zero attached hydrogens (tertiary/aromatic N) is 1. The Morgan fingerprint density at radius 2 is 1.72 bits per heavy atom. The third-order valence-electron chi connectivity index (χ3n) is 5.12. The molecule has 4 aromatic rings. The van der Waals surface area contributed by atoms with Gasteiger partial charge in [-0.1, -0.05) is 30.3 Å². The van der Waals surface area contributed by atoms with Gasteiger partial charge >= 0.3 is 10.1 Å². The van der Waals surface area contributed by atoms with Crippen LogP contribution in [-0.4, -0.2) is 13.3 Å². The number of hydrogen-bond donors (Lipinski definition) is 0. The van der Waals surface area contributed by atoms with Gasteiger partial charge in [-0.05, 0) is 42.7 Å². The summed E-state index contributed by atoms with van der Waals surface area (Å²) in [5, 5.41) is 11.4. The molecule has 0 aliphatic carbocycles. The fraction of sp³-hybridized carbons (Fsp3) is 0.0870. The second kappa shape index (κ2) is 7.93. The average molecular weight is 451 g/mol. The summed E-state index contributed by atoms with van der Waals surface area (Å²) in [6.45, 7) is 3.12. The quantitative estimate of drug-likeness (QED) is 0.244. The number of benzene rings is 3. The Hall–Kier alpha value is -3.98. The van der Waals surface area contributed by atoms with Gasteiger partial charge in [-0.2, -0.15) is 8.42 Å². The van der Waals surface area contributed by atoms with Gasteiger partial charge in [0.2, 0.25) is 0 Å². The highest BCUT2D eigenvalue weighted by molar-refractivity contribution is 7.87. The van der Waals surface area contributed by atoms with Crippen LogP contribution in [0.25, 0.3) is 22.1 Å². The fourth-order valence-electron chi connectivity index (χ4n) is 3.32. The molecule has 1 aromatic heterocycles. The first kappa shape index (κ1) is 21.3. The van der Waals surface area contributed by atoms with Crippen molar-refractivity contribution < 1.29 is 21.9 Å². The summed E-state index contributed by atoms with van der Waals surface area (Å²) in [6.07, 6.45) is 1.31. The molecule has 8 nitrogen and oxygen atoms in total. The van der Waals surface area contributed by atoms with Crippen molar-refractivity contribution in [1.29, 1.82) is 0 Å². The van der Waals surface area contributed by atoms with Crippen molar-refractivity contribution in [2.75, 3.05) is 0 Å². The van der Waals surface area contributed by atoms with Gasteiger partial charge in [0.25, 0.3) is 5.69 Å². The number of fused-ring (bicyclic) bond motifs is 1. The minimum atomic E-state index is -4.38. The molecule has 4 rings (SSSR count). The first-order valence-corrected chi connectivity index (χ1v) is 10.9. The maximum atomic E-state index is 12.9. The molecule has 0 atom stereocenters. The second-order valence-electron chi connectivity index (χ2n) is 7.18. The minimum absolute atomic E-state index is 0.0864. The molecule has 1 heterocycles. The molecular formula is C23H17NO7S. The molecule has 0 unspecified atom stereocenters. The first-order chi connectivity index (χ1) is 15.2. The van der Waals surface area contributed by atoms with E-state index in [0.717, 1.165) is 6.07 Å². The van der Waals surface area contributed by atoms with Gasteiger partial charge in [0.15, 0.2) is 5.43 Å². The normalized spacial score (nSPS) is 11.4. The van der Waals surface area contributed by atoms with Crippen LogP contribution in [0.2, 0.25) is 0 Å². The van der Waals surface area contributed by atoms with Gasteiger partial charge in [-0.3, -0.25) is 14.9 Å². The number of non-ortho nitro benzene ring substituents is 1. The smallest absolute Gasteiger partial charge is 0.339 e. The van der Waals surface area contributed by atoms with E-state index in [9.17, 15) is 23.3 Å². The van der Waals surface area contributed by atoms with E-state index in [4.69, 9.17) is 8.60 Å². The largest absolute Gasteiger partial charge is 0.463 e. The lowest BCUT2D eigenvalue weighted by molar-refractivity contribution is -0.385. The predicted molar refractivity (Wildman–Crippen MR) is 118 cm³/mol. The number of nitro groups is 1. The zero-order chi connectivity index (χ0) is 23.0. The van der Waals surface area contributed by atoms with E-state index in [1.807, 2.05) is 6.07 Å². The van der Waals surface area contributed by atoms with E-state index in [1.165, 1.54) is 30.5 Å². The fourth-order valence-corrected chi connectivity index (χ4v) is 4.57. The molecule has 0 radical (unpaired) electrons. The SMILES string of the molecule is Cc1cc([N+](=O)[O-])cc(S(=O)(=O)Oc2ccc3c(=O)c(-c4ccccc4)coc3c2)c1C. The first-order valence-electron chi connectivity index (χ1n) is 9.48. The van der Waals surface area contributed by atoms with Gasteiger partial charge in [-0.15, -0.1) is 0 Å². The van der Waals surface area contributed by atoms with Crippen LogP contribution in [0.1, 0.15) is 11.1 Å². The summed E-state index contributed by atoms with van der Waals surface area (Å²) in [4.78, 5) is 23.0. The number of rotatable bonds is 5. The van der Waals surface area contributed by atoms with Crippen molar-refractivity contribution in [3.63, 3.8) is 0 Å². The third kappa shape index (κ3) is 3.85. The lowest BCUT2D eigenvalue weighted by atomic mass is 10.1. The zero-order valence-electron chi connectivity index (χ0n) is 17.1. The van der Waals surface area contributed by atoms with Crippen molar-refractivity contribution in [2.24, 2.45) is 0 Å². The molecule has 3 aromatic carbocycles. The molecule has 0 spiro atoms. The van der Waals surface area contributed by atoms with E-state index >= 15 is 0 Å². The van der Waals surface area contributed by atoms with E-state index in [-0.39, 0.29) is 32.7 Å². The van der Waals surface area contributed by atoms with Crippen LogP contribution in [0.4, 0.5) is 5.69 Å². The zero-order valence-corrected chi connectivity index (χ0v) is 17.9. The molecule has 32 heavy (non-hydrogen) atoms. The molecule has 0 saturated carbocycles. The summed E-state index contributed by atoms with van der Waals surface area (Å²) >= 11 is 0. The Morgan fingerprint density at radius 1 is 1.00 bits per heavy atom. The van der Waals surface area contributed by atoms with Gasteiger partial charge in [-0.25, -0.2) is 0 Å². The maximum Gasteiger partial charge on any atom is 0.339 e. The summed E-state index contributed by atoms with van der Waals surface area (Å²) < 4.78 is 36.5. The molecule has 0 saturated heterocycles. The van der Waals surface area contributed by atoms with Crippen LogP contribution in [0.15, 0.2) is 81.0 Å². The van der Waals surface area contributed by atoms with Crippen LogP contribution >= 0.6 is 0 Å². The van der Waals surface area contributed by atoms with Crippen LogP contribution in [-0.2, 0) is 10.1 Å². The molecule has 0 bridgehead atoms. The molecule has 162 valence electrons. The Labute approximate surface area is 183 Å². The monoisotopic (exact) mass is 451 g/mol. The van der Waals surface area contributed by atoms with E-state index < -0.39 is 15.0 Å². The highest BCUT2D eigenvalue weighted by Gasteiger charge is 2.25. The Balaban J connectivity index is 1.74. The average Bonchev–Trinajstić information content (AvgIpc) is 2.75. The predicted octanol–water partition coefficient (Wildman–Crippen LogP) is 4.75. The highest BCUT2D eigenvalue weighted by Crippen LogP contribution is 2.29. The molecule has 0 aliphatic heterocycles. The Bertz CT molecular complexity index is 1520. The molecule has 0 N–H and O–H groups in total. The third-order valence-corrected chi connectivity index (χ3v) is 6.50. The minimum Gasteiger partial charge on any atom is -0.463 e. The lowest BCUT2D eigenvalue weighted by Gasteiger charge is -2.11. The van der Waals surface area contributed by atoms with Crippen molar-refractivity contribution in [2.45, 2.75) is 18.7 Å². The summed E-state index contributed by atoms with van der Waals surface area (Å²) in [6, 6.07) is 15.3. The van der Waals surface area contributed by atoms with Gasteiger partial charge < -0.3 is 8.60 Å². The van der Waals surface area contributed by atoms with Crippen molar-refractivity contribution in [3.05, 3.63) is 98.4 Å². The van der Waals surface area contributed by atoms with Gasteiger partial charge in [0, 0.05) is 18.2 Å². The van der Waals surface area contributed by atoms with E-state index in [0.29, 0.717) is 22.3 Å². The van der Waals surface area contributed by atoms with Gasteiger partial charge in [0.05, 0.1) is 15.9 Å². The molecular weight excluding hydrogens is 434 g/mol. The van der Waals surface area contributed by atoms with Crippen molar-refractivity contribution >= 4 is 26.8 Å². The van der Waals surface area contributed by atoms with Crippen LogP contribution in [0, 0.1) is 24.0 Å². The van der Waals surface area contributed by atoms with E-state index in [1.54, 1.807) is 38.1 Å². The standard InChI is InChI=1S/C23H17NO7S/c1-14-10-17(24(26)27)11-22(15(14)2)32(28,29)31-18-8-9-19-21(12-18)30-13-20(23(19)25)16-6-4-3-5-7-16/h3-13H,1-2H3. The number of aryl methyl sites for hydroxylation is 1. The highest BCUT2D eigenvalue weighted by atomic mass is 32.2.